The molecule has 47 heavy (non-hydrogen) atoms. The van der Waals surface area contributed by atoms with Crippen LogP contribution in [0.4, 0.5) is 0 Å². The third-order valence-electron chi connectivity index (χ3n) is 8.28. The third-order valence-corrected chi connectivity index (χ3v) is 8.28. The zero-order valence-electron chi connectivity index (χ0n) is 28.4. The lowest BCUT2D eigenvalue weighted by atomic mass is 9.95. The summed E-state index contributed by atoms with van der Waals surface area (Å²) in [6.07, 6.45) is -0.317. The van der Waals surface area contributed by atoms with Crippen molar-refractivity contribution in [2.45, 2.75) is 104 Å². The Morgan fingerprint density at radius 2 is 1.17 bits per heavy atom. The molecule has 2 rings (SSSR count). The summed E-state index contributed by atoms with van der Waals surface area (Å²) >= 11 is 0. The van der Waals surface area contributed by atoms with Gasteiger partial charge in [0.15, 0.2) is 0 Å². The van der Waals surface area contributed by atoms with Crippen molar-refractivity contribution in [2.75, 3.05) is 0 Å². The van der Waals surface area contributed by atoms with Gasteiger partial charge in [0, 0.05) is 6.42 Å². The molecule has 6 atom stereocenters. The summed E-state index contributed by atoms with van der Waals surface area (Å²) in [6, 6.07) is 14.8. The topological polar surface area (TPSA) is 174 Å². The molecular weight excluding hydrogens is 600 g/mol. The highest BCUT2D eigenvalue weighted by molar-refractivity contribution is 5.91. The minimum absolute atomic E-state index is 0.200. The Labute approximate surface area is 278 Å². The van der Waals surface area contributed by atoms with E-state index in [1.165, 1.54) is 0 Å². The van der Waals surface area contributed by atoms with E-state index in [1.54, 1.807) is 20.8 Å². The number of hydrogen-bond acceptors (Lipinski definition) is 6. The SMILES string of the molecule is CC[C@H](C)[C@H](NC(=O)CC(O)C(Cc1ccccc1)NC(=O)[C@@H](NC(=O)CCc1ccccc1)C(C)C)C(=O)N[C@H](C(=O)O)C(C)C. The molecule has 6 N–H and O–H groups in total. The van der Waals surface area contributed by atoms with Crippen molar-refractivity contribution in [1.29, 1.82) is 0 Å². The Morgan fingerprint density at radius 1 is 0.660 bits per heavy atom. The minimum atomic E-state index is -1.34. The first-order valence-electron chi connectivity index (χ1n) is 16.4. The molecule has 0 saturated carbocycles. The standard InChI is InChI=1S/C36H52N4O7/c1-7-24(6)33(35(45)40-32(23(4)5)36(46)47)39-30(43)21-28(41)27(20-26-16-12-9-13-17-26)37-34(44)31(22(2)3)38-29(42)19-18-25-14-10-8-11-15-25/h8-17,22-24,27-28,31-33,41H,7,18-21H2,1-6H3,(H,37,44)(H,38,42)(H,39,43)(H,40,45)(H,46,47)/t24-,27?,28?,31-,32-,33-/m0/s1. The number of aliphatic hydroxyl groups excluding tert-OH is 1. The van der Waals surface area contributed by atoms with Gasteiger partial charge < -0.3 is 31.5 Å². The summed E-state index contributed by atoms with van der Waals surface area (Å²) in [5.74, 6) is -4.16. The van der Waals surface area contributed by atoms with Crippen LogP contribution in [-0.2, 0) is 36.8 Å². The lowest BCUT2D eigenvalue weighted by molar-refractivity contribution is -0.143. The van der Waals surface area contributed by atoms with Crippen molar-refractivity contribution in [1.82, 2.24) is 21.3 Å². The number of hydrogen-bond donors (Lipinski definition) is 6. The van der Waals surface area contributed by atoms with E-state index in [0.29, 0.717) is 12.8 Å². The average Bonchev–Trinajstić information content (AvgIpc) is 3.03. The number of carbonyl (C=O) groups is 5. The molecule has 0 aliphatic carbocycles. The van der Waals surface area contributed by atoms with Gasteiger partial charge in [-0.05, 0) is 41.7 Å². The van der Waals surface area contributed by atoms with Crippen LogP contribution < -0.4 is 21.3 Å². The van der Waals surface area contributed by atoms with Crippen molar-refractivity contribution in [3.05, 3.63) is 71.8 Å². The molecule has 11 nitrogen and oxygen atoms in total. The van der Waals surface area contributed by atoms with Crippen LogP contribution >= 0.6 is 0 Å². The first-order chi connectivity index (χ1) is 22.2. The van der Waals surface area contributed by atoms with Gasteiger partial charge in [-0.3, -0.25) is 19.2 Å². The van der Waals surface area contributed by atoms with E-state index in [2.05, 4.69) is 21.3 Å². The molecule has 0 spiro atoms. The van der Waals surface area contributed by atoms with Crippen LogP contribution in [0.3, 0.4) is 0 Å². The highest BCUT2D eigenvalue weighted by atomic mass is 16.4. The fraction of sp³-hybridized carbons (Fsp3) is 0.528. The van der Waals surface area contributed by atoms with Gasteiger partial charge in [-0.25, -0.2) is 4.79 Å². The number of aryl methyl sites for hydroxylation is 1. The maximum absolute atomic E-state index is 13.6. The summed E-state index contributed by atoms with van der Waals surface area (Å²) in [5.41, 5.74) is 1.82. The van der Waals surface area contributed by atoms with Crippen LogP contribution in [0.5, 0.6) is 0 Å². The van der Waals surface area contributed by atoms with Crippen LogP contribution in [-0.4, -0.2) is 70.1 Å². The van der Waals surface area contributed by atoms with Gasteiger partial charge in [-0.1, -0.05) is 109 Å². The predicted molar refractivity (Wildman–Crippen MR) is 180 cm³/mol. The number of carboxylic acids is 1. The maximum Gasteiger partial charge on any atom is 0.326 e. The van der Waals surface area contributed by atoms with Gasteiger partial charge in [-0.2, -0.15) is 0 Å². The largest absolute Gasteiger partial charge is 0.480 e. The Morgan fingerprint density at radius 3 is 1.68 bits per heavy atom. The van der Waals surface area contributed by atoms with Crippen LogP contribution in [0.15, 0.2) is 60.7 Å². The number of amides is 4. The first kappa shape index (κ1) is 38.9. The Balaban J connectivity index is 2.17. The van der Waals surface area contributed by atoms with Crippen molar-refractivity contribution in [3.63, 3.8) is 0 Å². The second-order valence-corrected chi connectivity index (χ2v) is 12.9. The predicted octanol–water partition coefficient (Wildman–Crippen LogP) is 2.99. The van der Waals surface area contributed by atoms with E-state index >= 15 is 0 Å². The van der Waals surface area contributed by atoms with Crippen LogP contribution in [0, 0.1) is 17.8 Å². The molecule has 0 radical (unpaired) electrons. The molecule has 0 aliphatic heterocycles. The van der Waals surface area contributed by atoms with E-state index in [1.807, 2.05) is 81.4 Å². The molecule has 0 bridgehead atoms. The van der Waals surface area contributed by atoms with Gasteiger partial charge in [0.25, 0.3) is 0 Å². The van der Waals surface area contributed by atoms with Gasteiger partial charge >= 0.3 is 5.97 Å². The van der Waals surface area contributed by atoms with Crippen LogP contribution in [0.2, 0.25) is 0 Å². The van der Waals surface area contributed by atoms with E-state index in [9.17, 15) is 34.2 Å². The number of nitrogens with one attached hydrogen (secondary N) is 4. The Hall–Kier alpha value is -4.25. The zero-order valence-corrected chi connectivity index (χ0v) is 28.4. The highest BCUT2D eigenvalue weighted by Gasteiger charge is 2.33. The fourth-order valence-corrected chi connectivity index (χ4v) is 5.13. The first-order valence-corrected chi connectivity index (χ1v) is 16.4. The summed E-state index contributed by atoms with van der Waals surface area (Å²) in [6.45, 7) is 10.6. The third kappa shape index (κ3) is 13.2. The summed E-state index contributed by atoms with van der Waals surface area (Å²) in [7, 11) is 0. The molecule has 4 amide bonds. The zero-order chi connectivity index (χ0) is 35.1. The van der Waals surface area contributed by atoms with Crippen LogP contribution in [0.25, 0.3) is 0 Å². The number of carbonyl (C=O) groups excluding carboxylic acids is 4. The van der Waals surface area contributed by atoms with E-state index in [-0.39, 0.29) is 36.5 Å². The number of aliphatic carboxylic acids is 1. The molecule has 0 fully saturated rings. The molecule has 2 aromatic rings. The van der Waals surface area contributed by atoms with Crippen molar-refractivity contribution < 1.29 is 34.2 Å². The number of rotatable bonds is 19. The number of aliphatic hydroxyl groups is 1. The summed E-state index contributed by atoms with van der Waals surface area (Å²) in [5, 5.41) is 31.7. The second-order valence-electron chi connectivity index (χ2n) is 12.9. The van der Waals surface area contributed by atoms with E-state index < -0.39 is 60.4 Å². The van der Waals surface area contributed by atoms with E-state index in [0.717, 1.165) is 11.1 Å². The molecule has 2 unspecified atom stereocenters. The summed E-state index contributed by atoms with van der Waals surface area (Å²) < 4.78 is 0. The highest BCUT2D eigenvalue weighted by Crippen LogP contribution is 2.14. The molecule has 258 valence electrons. The van der Waals surface area contributed by atoms with Crippen molar-refractivity contribution in [3.8, 4) is 0 Å². The van der Waals surface area contributed by atoms with Gasteiger partial charge in [0.05, 0.1) is 18.6 Å². The van der Waals surface area contributed by atoms with Crippen molar-refractivity contribution in [2.24, 2.45) is 17.8 Å². The molecule has 2 aromatic carbocycles. The fourth-order valence-electron chi connectivity index (χ4n) is 5.13. The molecule has 0 aliphatic rings. The maximum atomic E-state index is 13.6. The molecular formula is C36H52N4O7. The average molecular weight is 653 g/mol. The lowest BCUT2D eigenvalue weighted by Gasteiger charge is -2.30. The Kier molecular flexibility index (Phi) is 16.1. The quantitative estimate of drug-likeness (QED) is 0.135. The van der Waals surface area contributed by atoms with Gasteiger partial charge in [0.2, 0.25) is 23.6 Å². The van der Waals surface area contributed by atoms with Crippen LogP contribution in [0.1, 0.15) is 71.9 Å². The van der Waals surface area contributed by atoms with Gasteiger partial charge in [0.1, 0.15) is 18.1 Å². The number of benzene rings is 2. The number of carboxylic acid groups (broad SMARTS) is 1. The van der Waals surface area contributed by atoms with Gasteiger partial charge in [-0.15, -0.1) is 0 Å². The molecule has 0 saturated heterocycles. The van der Waals surface area contributed by atoms with Crippen molar-refractivity contribution >= 4 is 29.6 Å². The monoisotopic (exact) mass is 652 g/mol. The summed E-state index contributed by atoms with van der Waals surface area (Å²) in [4.78, 5) is 64.4. The second kappa shape index (κ2) is 19.4. The normalized spacial score (nSPS) is 15.1. The van der Waals surface area contributed by atoms with E-state index in [4.69, 9.17) is 0 Å². The smallest absolute Gasteiger partial charge is 0.326 e. The molecule has 0 aromatic heterocycles. The molecule has 0 heterocycles. The molecule has 11 heteroatoms. The minimum Gasteiger partial charge on any atom is -0.480 e. The lowest BCUT2D eigenvalue weighted by Crippen LogP contribution is -2.57. The Bertz CT molecular complexity index is 1300.